The zero-order chi connectivity index (χ0) is 39.8. The van der Waals surface area contributed by atoms with Gasteiger partial charge in [-0.1, -0.05) is 103 Å². The van der Waals surface area contributed by atoms with Crippen molar-refractivity contribution in [1.29, 1.82) is 0 Å². The number of anilines is 6. The van der Waals surface area contributed by atoms with Gasteiger partial charge in [-0.15, -0.1) is 0 Å². The van der Waals surface area contributed by atoms with E-state index >= 15 is 0 Å². The quantitative estimate of drug-likeness (QED) is 0.151. The van der Waals surface area contributed by atoms with E-state index in [1.807, 2.05) is 0 Å². The lowest BCUT2D eigenvalue weighted by Gasteiger charge is -2.27. The smallest absolute Gasteiger partial charge is 0.139 e. The summed E-state index contributed by atoms with van der Waals surface area (Å²) in [5, 5.41) is 10.4. The minimum Gasteiger partial charge on any atom is -0.456 e. The summed E-state index contributed by atoms with van der Waals surface area (Å²) >= 11 is 0. The molecular weight excluding hydrogens is 737 g/mol. The maximum Gasteiger partial charge on any atom is 0.139 e. The fourth-order valence-corrected chi connectivity index (χ4v) is 9.80. The monoisotopic (exact) mass is 778 g/mol. The molecule has 0 saturated carbocycles. The zero-order valence-corrected chi connectivity index (χ0v) is 34.5. The van der Waals surface area contributed by atoms with Gasteiger partial charge in [-0.2, -0.15) is 0 Å². The number of hydrogen-bond acceptors (Lipinski definition) is 4. The number of benzene rings is 9. The van der Waals surface area contributed by atoms with Crippen molar-refractivity contribution in [2.75, 3.05) is 9.80 Å². The Labute approximate surface area is 344 Å². The average Bonchev–Trinajstić information content (AvgIpc) is 3.78. The summed E-state index contributed by atoms with van der Waals surface area (Å²) in [6.07, 6.45) is 0. The standard InChI is InChI=1S/C54H42N2O2Si/c1-35-15-19-42(20-16-35)55(40-11-7-5-8-12-40)44-21-17-36-29-47-49-33-50-48-30-37-18-22-45(56(41-13-9-6-10-14-41)43-23-25-46(26-24-43)59(2,3)4)28-39(37)32-52(48)58-54(50)34-53(49)57-51(47)31-38(36)27-44/h5-34H,1-4H3. The van der Waals surface area contributed by atoms with Crippen molar-refractivity contribution >= 4 is 113 Å². The van der Waals surface area contributed by atoms with Gasteiger partial charge in [-0.3, -0.25) is 0 Å². The first kappa shape index (κ1) is 35.1. The van der Waals surface area contributed by atoms with Crippen molar-refractivity contribution in [3.63, 3.8) is 0 Å². The van der Waals surface area contributed by atoms with Crippen LogP contribution in [-0.2, 0) is 0 Å². The van der Waals surface area contributed by atoms with Crippen molar-refractivity contribution in [3.8, 4) is 0 Å². The maximum absolute atomic E-state index is 6.61. The Balaban J connectivity index is 0.990. The van der Waals surface area contributed by atoms with Gasteiger partial charge in [0.15, 0.2) is 0 Å². The van der Waals surface area contributed by atoms with E-state index in [0.717, 1.165) is 94.2 Å². The lowest BCUT2D eigenvalue weighted by molar-refractivity contribution is 0.656. The van der Waals surface area contributed by atoms with Crippen LogP contribution in [0.3, 0.4) is 0 Å². The Kier molecular flexibility index (Phi) is 8.04. The Morgan fingerprint density at radius 2 is 0.729 bits per heavy atom. The van der Waals surface area contributed by atoms with Crippen molar-refractivity contribution in [2.24, 2.45) is 0 Å². The van der Waals surface area contributed by atoms with Crippen LogP contribution in [0.25, 0.3) is 65.4 Å². The highest BCUT2D eigenvalue weighted by Crippen LogP contribution is 2.42. The van der Waals surface area contributed by atoms with E-state index in [1.165, 1.54) is 16.1 Å². The van der Waals surface area contributed by atoms with E-state index in [0.29, 0.717) is 0 Å². The van der Waals surface area contributed by atoms with E-state index in [4.69, 9.17) is 8.83 Å². The third-order valence-electron chi connectivity index (χ3n) is 11.8. The number of para-hydroxylation sites is 2. The molecule has 2 aromatic heterocycles. The molecule has 284 valence electrons. The Morgan fingerprint density at radius 1 is 0.339 bits per heavy atom. The van der Waals surface area contributed by atoms with Gasteiger partial charge in [0.2, 0.25) is 0 Å². The molecule has 0 amide bonds. The Morgan fingerprint density at radius 3 is 1.19 bits per heavy atom. The predicted octanol–water partition coefficient (Wildman–Crippen LogP) is 15.6. The molecule has 0 N–H and O–H groups in total. The molecular formula is C54H42N2O2Si. The van der Waals surface area contributed by atoms with Crippen LogP contribution < -0.4 is 15.0 Å². The molecule has 9 aromatic carbocycles. The summed E-state index contributed by atoms with van der Waals surface area (Å²) in [5.41, 5.74) is 11.3. The van der Waals surface area contributed by atoms with Gasteiger partial charge in [0.05, 0.1) is 8.07 Å². The van der Waals surface area contributed by atoms with Crippen LogP contribution >= 0.6 is 0 Å². The summed E-state index contributed by atoms with van der Waals surface area (Å²) in [5.74, 6) is 0. The first-order chi connectivity index (χ1) is 28.7. The van der Waals surface area contributed by atoms with Gasteiger partial charge in [0.1, 0.15) is 22.3 Å². The number of aryl methyl sites for hydroxylation is 1. The van der Waals surface area contributed by atoms with Crippen LogP contribution in [0.1, 0.15) is 5.56 Å². The predicted molar refractivity (Wildman–Crippen MR) is 253 cm³/mol. The van der Waals surface area contributed by atoms with Gasteiger partial charge in [-0.25, -0.2) is 0 Å². The summed E-state index contributed by atoms with van der Waals surface area (Å²) in [4.78, 5) is 4.64. The van der Waals surface area contributed by atoms with Gasteiger partial charge in [-0.05, 0) is 132 Å². The van der Waals surface area contributed by atoms with Crippen LogP contribution in [0.15, 0.2) is 191 Å². The molecule has 0 aliphatic carbocycles. The molecule has 0 spiro atoms. The van der Waals surface area contributed by atoms with Crippen LogP contribution in [0.5, 0.6) is 0 Å². The summed E-state index contributed by atoms with van der Waals surface area (Å²) in [6, 6.07) is 65.6. The van der Waals surface area contributed by atoms with Crippen molar-refractivity contribution in [2.45, 2.75) is 26.6 Å². The Hall–Kier alpha value is -7.08. The van der Waals surface area contributed by atoms with Crippen LogP contribution in [0, 0.1) is 6.92 Å². The number of fused-ring (bicyclic) bond motifs is 8. The number of nitrogens with zero attached hydrogens (tertiary/aromatic N) is 2. The molecule has 0 saturated heterocycles. The highest BCUT2D eigenvalue weighted by Gasteiger charge is 2.20. The fourth-order valence-electron chi connectivity index (χ4n) is 8.64. The first-order valence-corrected chi connectivity index (χ1v) is 23.8. The summed E-state index contributed by atoms with van der Waals surface area (Å²) in [6.45, 7) is 9.30. The maximum atomic E-state index is 6.61. The second kappa shape index (κ2) is 13.5. The van der Waals surface area contributed by atoms with Crippen molar-refractivity contribution in [1.82, 2.24) is 0 Å². The Bertz CT molecular complexity index is 3360. The van der Waals surface area contributed by atoms with Crippen molar-refractivity contribution in [3.05, 3.63) is 188 Å². The SMILES string of the molecule is Cc1ccc(N(c2ccccc2)c2ccc3cc4c(cc3c2)oc2cc3oc5cc6cc(N(c7ccccc7)c7ccc([Si](C)(C)C)cc7)ccc6cc5c3cc24)cc1. The van der Waals surface area contributed by atoms with Gasteiger partial charge in [0.25, 0.3) is 0 Å². The molecule has 11 aromatic rings. The fraction of sp³-hybridized carbons (Fsp3) is 0.0741. The largest absolute Gasteiger partial charge is 0.456 e. The topological polar surface area (TPSA) is 32.8 Å². The number of rotatable bonds is 7. The lowest BCUT2D eigenvalue weighted by Crippen LogP contribution is -2.37. The molecule has 4 nitrogen and oxygen atoms in total. The molecule has 0 atom stereocenters. The summed E-state index contributed by atoms with van der Waals surface area (Å²) < 4.78 is 13.2. The van der Waals surface area contributed by atoms with E-state index < -0.39 is 8.07 Å². The highest BCUT2D eigenvalue weighted by atomic mass is 28.3. The molecule has 2 heterocycles. The number of furan rings is 2. The normalized spacial score (nSPS) is 12.1. The highest BCUT2D eigenvalue weighted by molar-refractivity contribution is 6.88. The third kappa shape index (κ3) is 6.14. The molecule has 0 bridgehead atoms. The van der Waals surface area contributed by atoms with Gasteiger partial charge < -0.3 is 18.6 Å². The second-order valence-electron chi connectivity index (χ2n) is 16.8. The van der Waals surface area contributed by atoms with E-state index in [1.54, 1.807) is 0 Å². The average molecular weight is 779 g/mol. The van der Waals surface area contributed by atoms with Gasteiger partial charge >= 0.3 is 0 Å². The van der Waals surface area contributed by atoms with Crippen LogP contribution in [0.4, 0.5) is 34.1 Å². The first-order valence-electron chi connectivity index (χ1n) is 20.3. The second-order valence-corrected chi connectivity index (χ2v) is 21.9. The van der Waals surface area contributed by atoms with E-state index in [-0.39, 0.29) is 0 Å². The molecule has 0 fully saturated rings. The molecule has 0 radical (unpaired) electrons. The number of hydrogen-bond donors (Lipinski definition) is 0. The lowest BCUT2D eigenvalue weighted by atomic mass is 10.0. The van der Waals surface area contributed by atoms with Crippen molar-refractivity contribution < 1.29 is 8.83 Å². The minimum atomic E-state index is -1.43. The molecule has 0 aliphatic heterocycles. The molecule has 5 heteroatoms. The van der Waals surface area contributed by atoms with Crippen LogP contribution in [-0.4, -0.2) is 8.07 Å². The minimum absolute atomic E-state index is 0.818. The van der Waals surface area contributed by atoms with Crippen LogP contribution in [0.2, 0.25) is 19.6 Å². The molecule has 0 aliphatic rings. The van der Waals surface area contributed by atoms with E-state index in [9.17, 15) is 0 Å². The molecule has 11 rings (SSSR count). The van der Waals surface area contributed by atoms with E-state index in [2.05, 4.69) is 218 Å². The zero-order valence-electron chi connectivity index (χ0n) is 33.5. The summed E-state index contributed by atoms with van der Waals surface area (Å²) in [7, 11) is -1.43. The van der Waals surface area contributed by atoms with Gasteiger partial charge in [0, 0.05) is 61.7 Å². The molecule has 0 unspecified atom stereocenters. The molecule has 59 heavy (non-hydrogen) atoms. The third-order valence-corrected chi connectivity index (χ3v) is 13.8.